The third kappa shape index (κ3) is 4.52. The predicted molar refractivity (Wildman–Crippen MR) is 128 cm³/mol. The minimum atomic E-state index is -5.17. The molecule has 3 N–H and O–H groups in total. The lowest BCUT2D eigenvalue weighted by Gasteiger charge is -2.31. The summed E-state index contributed by atoms with van der Waals surface area (Å²) in [6, 6.07) is 9.07. The summed E-state index contributed by atoms with van der Waals surface area (Å²) >= 11 is 6.13. The summed E-state index contributed by atoms with van der Waals surface area (Å²) in [5, 5.41) is 23.6. The molecule has 0 aliphatic heterocycles. The first-order chi connectivity index (χ1) is 17.1. The number of nitrogens with zero attached hydrogens (tertiary/aromatic N) is 4. The molecule has 0 radical (unpaired) electrons. The minimum Gasteiger partial charge on any atom is -0.395 e. The molecule has 0 amide bonds. The van der Waals surface area contributed by atoms with Crippen molar-refractivity contribution < 1.29 is 27.8 Å². The molecule has 0 spiro atoms. The number of rotatable bonds is 7. The van der Waals surface area contributed by atoms with E-state index < -0.39 is 28.7 Å². The van der Waals surface area contributed by atoms with Crippen LogP contribution in [0.15, 0.2) is 60.0 Å². The maximum absolute atomic E-state index is 14.6. The third-order valence-corrected chi connectivity index (χ3v) is 5.88. The summed E-state index contributed by atoms with van der Waals surface area (Å²) in [6.45, 7) is -0.481. The lowest BCUT2D eigenvalue weighted by molar-refractivity contribution is -0.248. The number of halogens is 5. The zero-order chi connectivity index (χ0) is 26.1. The molecule has 2 heterocycles. The number of fused-ring (bicyclic) bond motifs is 1. The van der Waals surface area contributed by atoms with Gasteiger partial charge in [0.25, 0.3) is 0 Å². The van der Waals surface area contributed by atoms with E-state index in [1.807, 2.05) is 0 Å². The average molecular weight is 522 g/mol. The van der Waals surface area contributed by atoms with Gasteiger partial charge >= 0.3 is 6.18 Å². The van der Waals surface area contributed by atoms with E-state index in [-0.39, 0.29) is 34.9 Å². The van der Waals surface area contributed by atoms with Crippen LogP contribution in [0.3, 0.4) is 0 Å². The molecule has 0 saturated heterocycles. The first-order valence-electron chi connectivity index (χ1n) is 10.6. The topological polar surface area (TPSA) is 95.6 Å². The first kappa shape index (κ1) is 25.5. The standard InChI is InChI=1S/C24H20ClF4N5O2/c1-30-11-14-10-15(2-7-19(14)33-17-5-3-16(26)4-6-17)23(36,24(27,28)29)18-12-34(8-9-35)21-20(18)31-13-32-22(21)25/h2-7,10-13,33,35-36H,8-9H2,1H3/b30-11-. The lowest BCUT2D eigenvalue weighted by Crippen LogP contribution is -2.43. The highest BCUT2D eigenvalue weighted by Gasteiger charge is 2.58. The van der Waals surface area contributed by atoms with Gasteiger partial charge in [-0.15, -0.1) is 0 Å². The van der Waals surface area contributed by atoms with Gasteiger partial charge in [-0.05, 0) is 42.0 Å². The van der Waals surface area contributed by atoms with E-state index in [0.29, 0.717) is 11.4 Å². The maximum Gasteiger partial charge on any atom is 0.425 e. The van der Waals surface area contributed by atoms with Crippen molar-refractivity contribution in [2.24, 2.45) is 4.99 Å². The third-order valence-electron chi connectivity index (χ3n) is 5.61. The van der Waals surface area contributed by atoms with Crippen LogP contribution in [-0.4, -0.2) is 50.8 Å². The SMILES string of the molecule is C/N=C\c1cc(C(O)(c2cn(CCO)c3c(Cl)ncnc23)C(F)(F)F)ccc1Nc1ccc(F)cc1. The van der Waals surface area contributed by atoms with Crippen LogP contribution < -0.4 is 5.32 Å². The van der Waals surface area contributed by atoms with E-state index in [4.69, 9.17) is 11.6 Å². The summed E-state index contributed by atoms with van der Waals surface area (Å²) in [6.07, 6.45) is -1.78. The second-order valence-corrected chi connectivity index (χ2v) is 8.21. The van der Waals surface area contributed by atoms with Gasteiger partial charge in [0.15, 0.2) is 5.15 Å². The van der Waals surface area contributed by atoms with Crippen molar-refractivity contribution in [1.29, 1.82) is 0 Å². The molecule has 0 fully saturated rings. The van der Waals surface area contributed by atoms with E-state index in [2.05, 4.69) is 20.3 Å². The Labute approximate surface area is 207 Å². The van der Waals surface area contributed by atoms with Crippen LogP contribution in [0.2, 0.25) is 5.15 Å². The fourth-order valence-corrected chi connectivity index (χ4v) is 4.19. The molecule has 188 valence electrons. The highest BCUT2D eigenvalue weighted by molar-refractivity contribution is 6.33. The fraction of sp³-hybridized carbons (Fsp3) is 0.208. The van der Waals surface area contributed by atoms with Crippen LogP contribution >= 0.6 is 11.6 Å². The molecule has 7 nitrogen and oxygen atoms in total. The van der Waals surface area contributed by atoms with Crippen molar-refractivity contribution in [2.75, 3.05) is 19.0 Å². The Balaban J connectivity index is 1.91. The van der Waals surface area contributed by atoms with Crippen LogP contribution in [0.5, 0.6) is 0 Å². The van der Waals surface area contributed by atoms with Gasteiger partial charge in [0.05, 0.1) is 12.1 Å². The van der Waals surface area contributed by atoms with Crippen LogP contribution in [-0.2, 0) is 12.1 Å². The highest BCUT2D eigenvalue weighted by Crippen LogP contribution is 2.47. The van der Waals surface area contributed by atoms with E-state index >= 15 is 0 Å². The van der Waals surface area contributed by atoms with Crippen molar-refractivity contribution in [3.8, 4) is 0 Å². The fourth-order valence-electron chi connectivity index (χ4n) is 3.95. The molecule has 1 unspecified atom stereocenters. The lowest BCUT2D eigenvalue weighted by atomic mass is 9.85. The monoisotopic (exact) mass is 521 g/mol. The highest BCUT2D eigenvalue weighted by atomic mass is 35.5. The van der Waals surface area contributed by atoms with Crippen molar-refractivity contribution in [2.45, 2.75) is 18.3 Å². The minimum absolute atomic E-state index is 0.0517. The van der Waals surface area contributed by atoms with E-state index in [0.717, 1.165) is 24.7 Å². The molecule has 1 atom stereocenters. The van der Waals surface area contributed by atoms with Crippen molar-refractivity contribution in [3.63, 3.8) is 0 Å². The predicted octanol–water partition coefficient (Wildman–Crippen LogP) is 4.81. The molecule has 4 rings (SSSR count). The number of hydrogen-bond donors (Lipinski definition) is 3. The number of benzene rings is 2. The smallest absolute Gasteiger partial charge is 0.395 e. The van der Waals surface area contributed by atoms with E-state index in [9.17, 15) is 27.8 Å². The maximum atomic E-state index is 14.6. The van der Waals surface area contributed by atoms with Crippen molar-refractivity contribution in [3.05, 3.63) is 82.6 Å². The first-order valence-corrected chi connectivity index (χ1v) is 11.0. The van der Waals surface area contributed by atoms with Gasteiger partial charge in [0, 0.05) is 48.5 Å². The zero-order valence-electron chi connectivity index (χ0n) is 18.8. The largest absolute Gasteiger partial charge is 0.425 e. The van der Waals surface area contributed by atoms with Crippen molar-refractivity contribution >= 4 is 40.2 Å². The Bertz CT molecular complexity index is 1420. The van der Waals surface area contributed by atoms with Gasteiger partial charge in [-0.25, -0.2) is 14.4 Å². The average Bonchev–Trinajstić information content (AvgIpc) is 3.21. The molecule has 0 aliphatic rings. The number of hydrogen-bond acceptors (Lipinski definition) is 6. The molecule has 0 saturated carbocycles. The Morgan fingerprint density at radius 2 is 1.86 bits per heavy atom. The molecule has 2 aromatic carbocycles. The summed E-state index contributed by atoms with van der Waals surface area (Å²) in [5.74, 6) is -0.439. The molecular formula is C24H20ClF4N5O2. The summed E-state index contributed by atoms with van der Waals surface area (Å²) < 4.78 is 58.4. The summed E-state index contributed by atoms with van der Waals surface area (Å²) in [5.41, 5.74) is -3.58. The number of alkyl halides is 3. The van der Waals surface area contributed by atoms with Crippen LogP contribution in [0.25, 0.3) is 11.0 Å². The van der Waals surface area contributed by atoms with Gasteiger partial charge in [0.2, 0.25) is 5.60 Å². The zero-order valence-corrected chi connectivity index (χ0v) is 19.5. The van der Waals surface area contributed by atoms with Gasteiger partial charge in [-0.3, -0.25) is 4.99 Å². The number of aliphatic hydroxyl groups excluding tert-OH is 1. The number of nitrogens with one attached hydrogen (secondary N) is 1. The molecule has 2 aromatic heterocycles. The van der Waals surface area contributed by atoms with Gasteiger partial charge in [0.1, 0.15) is 17.7 Å². The Morgan fingerprint density at radius 1 is 1.14 bits per heavy atom. The normalized spacial score (nSPS) is 13.9. The molecule has 36 heavy (non-hydrogen) atoms. The molecule has 0 aliphatic carbocycles. The Morgan fingerprint density at radius 3 is 2.50 bits per heavy atom. The summed E-state index contributed by atoms with van der Waals surface area (Å²) in [4.78, 5) is 11.7. The van der Waals surface area contributed by atoms with E-state index in [1.165, 1.54) is 48.2 Å². The quantitative estimate of drug-likeness (QED) is 0.184. The molecule has 4 aromatic rings. The Kier molecular flexibility index (Phi) is 6.98. The Hall–Kier alpha value is -3.54. The van der Waals surface area contributed by atoms with E-state index in [1.54, 1.807) is 0 Å². The number of anilines is 2. The number of aliphatic imine (C=N–C) groups is 1. The number of aromatic nitrogens is 3. The molecular weight excluding hydrogens is 502 g/mol. The van der Waals surface area contributed by atoms with Gasteiger partial charge in [-0.1, -0.05) is 17.7 Å². The number of aliphatic hydroxyl groups is 2. The van der Waals surface area contributed by atoms with Gasteiger partial charge in [-0.2, -0.15) is 13.2 Å². The summed E-state index contributed by atoms with van der Waals surface area (Å²) in [7, 11) is 1.45. The van der Waals surface area contributed by atoms with Crippen LogP contribution in [0, 0.1) is 5.82 Å². The molecule has 0 bridgehead atoms. The second kappa shape index (κ2) is 9.84. The van der Waals surface area contributed by atoms with Crippen LogP contribution in [0.4, 0.5) is 28.9 Å². The van der Waals surface area contributed by atoms with Gasteiger partial charge < -0.3 is 20.1 Å². The van der Waals surface area contributed by atoms with Crippen molar-refractivity contribution in [1.82, 2.24) is 14.5 Å². The van der Waals surface area contributed by atoms with Crippen LogP contribution in [0.1, 0.15) is 16.7 Å². The molecule has 12 heteroatoms. The second-order valence-electron chi connectivity index (χ2n) is 7.85.